The molecule has 1 atom stereocenters. The number of nitrogens with zero attached hydrogens (tertiary/aromatic N) is 4. The summed E-state index contributed by atoms with van der Waals surface area (Å²) in [4.78, 5) is 18.3. The van der Waals surface area contributed by atoms with Crippen LogP contribution in [0.25, 0.3) is 10.3 Å². The summed E-state index contributed by atoms with van der Waals surface area (Å²) in [6.45, 7) is 3.91. The number of anilines is 1. The molecule has 1 aliphatic heterocycles. The van der Waals surface area contributed by atoms with E-state index in [-0.39, 0.29) is 11.9 Å². The number of aromatic nitrogens is 3. The molecule has 7 nitrogen and oxygen atoms in total. The summed E-state index contributed by atoms with van der Waals surface area (Å²) in [6.07, 6.45) is 0.511. The number of carbonyl (C=O) groups excluding carboxylic acids is 1. The summed E-state index contributed by atoms with van der Waals surface area (Å²) in [5.74, 6) is 0.170. The molecule has 0 bridgehead atoms. The Morgan fingerprint density at radius 1 is 1.52 bits per heavy atom. The van der Waals surface area contributed by atoms with Gasteiger partial charge in [0.1, 0.15) is 0 Å². The topological polar surface area (TPSA) is 72.3 Å². The number of ether oxygens (including phenoxy) is 1. The minimum absolute atomic E-state index is 0.114. The third kappa shape index (κ3) is 2.73. The van der Waals surface area contributed by atoms with E-state index in [0.717, 1.165) is 21.2 Å². The van der Waals surface area contributed by atoms with Gasteiger partial charge >= 0.3 is 0 Å². The minimum Gasteiger partial charge on any atom is -0.383 e. The summed E-state index contributed by atoms with van der Waals surface area (Å²) in [5.41, 5.74) is 1.88. The van der Waals surface area contributed by atoms with Crippen molar-refractivity contribution in [2.24, 2.45) is 7.05 Å². The maximum atomic E-state index is 11.9. The van der Waals surface area contributed by atoms with Crippen molar-refractivity contribution in [1.82, 2.24) is 19.7 Å². The van der Waals surface area contributed by atoms with Crippen LogP contribution in [0.4, 0.5) is 5.13 Å². The van der Waals surface area contributed by atoms with Gasteiger partial charge < -0.3 is 15.0 Å². The second-order valence-corrected chi connectivity index (χ2v) is 6.26. The number of hydrogen-bond acceptors (Lipinski definition) is 6. The van der Waals surface area contributed by atoms with Crippen molar-refractivity contribution in [1.29, 1.82) is 0 Å². The Hall–Kier alpha value is -1.67. The minimum atomic E-state index is 0.114. The Labute approximate surface area is 126 Å². The maximum absolute atomic E-state index is 11.9. The largest absolute Gasteiger partial charge is 0.383 e. The van der Waals surface area contributed by atoms with E-state index in [1.165, 1.54) is 0 Å². The SMILES string of the molecule is COCCN1CC(Nc2nc3c(s2)c(C)nn3C)CC1=O. The lowest BCUT2D eigenvalue weighted by molar-refractivity contribution is -0.128. The number of rotatable bonds is 5. The molecule has 1 fully saturated rings. The number of fused-ring (bicyclic) bond motifs is 1. The first-order valence-corrected chi connectivity index (χ1v) is 7.73. The third-order valence-electron chi connectivity index (χ3n) is 3.65. The van der Waals surface area contributed by atoms with Gasteiger partial charge in [0.25, 0.3) is 0 Å². The first kappa shape index (κ1) is 14.3. The van der Waals surface area contributed by atoms with Crippen LogP contribution in [-0.4, -0.2) is 58.4 Å². The molecule has 0 aliphatic carbocycles. The molecule has 1 unspecified atom stereocenters. The smallest absolute Gasteiger partial charge is 0.224 e. The van der Waals surface area contributed by atoms with Gasteiger partial charge in [-0.15, -0.1) is 0 Å². The normalized spacial score (nSPS) is 18.9. The predicted octanol–water partition coefficient (Wildman–Crippen LogP) is 0.997. The van der Waals surface area contributed by atoms with E-state index in [0.29, 0.717) is 26.1 Å². The standard InChI is InChI=1S/C13H19N5O2S/c1-8-11-12(17(2)16-8)15-13(21-11)14-9-6-10(19)18(7-9)4-5-20-3/h9H,4-7H2,1-3H3,(H,14,15). The molecule has 0 spiro atoms. The molecule has 1 aliphatic rings. The molecular formula is C13H19N5O2S. The van der Waals surface area contributed by atoms with Gasteiger partial charge in [-0.2, -0.15) is 5.10 Å². The molecule has 0 saturated carbocycles. The molecule has 2 aromatic rings. The number of amides is 1. The van der Waals surface area contributed by atoms with Gasteiger partial charge in [0.2, 0.25) is 5.91 Å². The quantitative estimate of drug-likeness (QED) is 0.892. The van der Waals surface area contributed by atoms with E-state index in [1.54, 1.807) is 23.1 Å². The van der Waals surface area contributed by atoms with Crippen LogP contribution >= 0.6 is 11.3 Å². The molecule has 114 valence electrons. The molecule has 1 N–H and O–H groups in total. The third-order valence-corrected chi connectivity index (χ3v) is 4.74. The average molecular weight is 309 g/mol. The van der Waals surface area contributed by atoms with E-state index in [4.69, 9.17) is 4.74 Å². The number of carbonyl (C=O) groups is 1. The van der Waals surface area contributed by atoms with E-state index in [2.05, 4.69) is 15.4 Å². The fraction of sp³-hybridized carbons (Fsp3) is 0.615. The highest BCUT2D eigenvalue weighted by atomic mass is 32.1. The van der Waals surface area contributed by atoms with Crippen molar-refractivity contribution < 1.29 is 9.53 Å². The fourth-order valence-corrected chi connectivity index (χ4v) is 3.62. The van der Waals surface area contributed by atoms with Gasteiger partial charge in [0.15, 0.2) is 10.8 Å². The second-order valence-electron chi connectivity index (χ2n) is 5.26. The molecule has 0 radical (unpaired) electrons. The molecule has 2 aromatic heterocycles. The number of nitrogens with one attached hydrogen (secondary N) is 1. The van der Waals surface area contributed by atoms with Crippen LogP contribution in [-0.2, 0) is 16.6 Å². The highest BCUT2D eigenvalue weighted by Crippen LogP contribution is 2.29. The van der Waals surface area contributed by atoms with Crippen molar-refractivity contribution in [3.05, 3.63) is 5.69 Å². The van der Waals surface area contributed by atoms with Gasteiger partial charge in [-0.05, 0) is 6.92 Å². The Morgan fingerprint density at radius 3 is 3.05 bits per heavy atom. The summed E-state index contributed by atoms with van der Waals surface area (Å²) < 4.78 is 7.91. The zero-order valence-electron chi connectivity index (χ0n) is 12.4. The first-order chi connectivity index (χ1) is 10.1. The fourth-order valence-electron chi connectivity index (χ4n) is 2.61. The Bertz CT molecular complexity index is 630. The lowest BCUT2D eigenvalue weighted by Crippen LogP contribution is -2.30. The average Bonchev–Trinajstić information content (AvgIpc) is 3.07. The van der Waals surface area contributed by atoms with Crippen molar-refractivity contribution in [2.45, 2.75) is 19.4 Å². The van der Waals surface area contributed by atoms with E-state index in [1.807, 2.05) is 18.9 Å². The molecule has 1 amide bonds. The van der Waals surface area contributed by atoms with Crippen LogP contribution in [0.3, 0.4) is 0 Å². The van der Waals surface area contributed by atoms with Crippen molar-refractivity contribution in [2.75, 3.05) is 32.1 Å². The summed E-state index contributed by atoms with van der Waals surface area (Å²) >= 11 is 1.59. The van der Waals surface area contributed by atoms with Crippen LogP contribution in [0.2, 0.25) is 0 Å². The van der Waals surface area contributed by atoms with Gasteiger partial charge in [-0.25, -0.2) is 9.67 Å². The van der Waals surface area contributed by atoms with Crippen LogP contribution in [0.15, 0.2) is 0 Å². The predicted molar refractivity (Wildman–Crippen MR) is 81.6 cm³/mol. The van der Waals surface area contributed by atoms with Crippen LogP contribution in [0.1, 0.15) is 12.1 Å². The van der Waals surface area contributed by atoms with Gasteiger partial charge in [-0.3, -0.25) is 4.79 Å². The second kappa shape index (κ2) is 5.61. The van der Waals surface area contributed by atoms with Crippen molar-refractivity contribution >= 4 is 32.7 Å². The summed E-state index contributed by atoms with van der Waals surface area (Å²) in [7, 11) is 3.54. The monoisotopic (exact) mass is 309 g/mol. The lowest BCUT2D eigenvalue weighted by Gasteiger charge is -2.16. The maximum Gasteiger partial charge on any atom is 0.224 e. The van der Waals surface area contributed by atoms with Crippen molar-refractivity contribution in [3.8, 4) is 0 Å². The Morgan fingerprint density at radius 2 is 2.33 bits per heavy atom. The molecule has 8 heteroatoms. The number of thiazole rings is 1. The first-order valence-electron chi connectivity index (χ1n) is 6.92. The van der Waals surface area contributed by atoms with Gasteiger partial charge in [0, 0.05) is 33.7 Å². The zero-order valence-corrected chi connectivity index (χ0v) is 13.2. The molecule has 3 rings (SSSR count). The molecule has 1 saturated heterocycles. The lowest BCUT2D eigenvalue weighted by atomic mass is 10.3. The van der Waals surface area contributed by atoms with Crippen LogP contribution < -0.4 is 5.32 Å². The van der Waals surface area contributed by atoms with E-state index >= 15 is 0 Å². The van der Waals surface area contributed by atoms with Gasteiger partial charge in [0.05, 0.1) is 23.0 Å². The number of hydrogen-bond donors (Lipinski definition) is 1. The van der Waals surface area contributed by atoms with E-state index in [9.17, 15) is 4.79 Å². The molecule has 3 heterocycles. The van der Waals surface area contributed by atoms with Crippen LogP contribution in [0, 0.1) is 6.92 Å². The zero-order chi connectivity index (χ0) is 15.0. The van der Waals surface area contributed by atoms with Crippen LogP contribution in [0.5, 0.6) is 0 Å². The summed E-state index contributed by atoms with van der Waals surface area (Å²) in [6, 6.07) is 0.114. The molecule has 21 heavy (non-hydrogen) atoms. The van der Waals surface area contributed by atoms with E-state index < -0.39 is 0 Å². The Balaban J connectivity index is 1.68. The summed E-state index contributed by atoms with van der Waals surface area (Å²) in [5, 5.41) is 8.57. The number of methoxy groups -OCH3 is 1. The van der Waals surface area contributed by atoms with Gasteiger partial charge in [-0.1, -0.05) is 11.3 Å². The Kier molecular flexibility index (Phi) is 3.81. The molecule has 0 aromatic carbocycles. The highest BCUT2D eigenvalue weighted by Gasteiger charge is 2.29. The van der Waals surface area contributed by atoms with Crippen molar-refractivity contribution in [3.63, 3.8) is 0 Å². The molecular weight excluding hydrogens is 290 g/mol. The highest BCUT2D eigenvalue weighted by molar-refractivity contribution is 7.22. The number of aryl methyl sites for hydroxylation is 2. The number of likely N-dealkylation sites (tertiary alicyclic amines) is 1.